The van der Waals surface area contributed by atoms with Crippen molar-refractivity contribution < 1.29 is 0 Å². The van der Waals surface area contributed by atoms with Crippen molar-refractivity contribution in [3.05, 3.63) is 0 Å². The number of hydrogen-bond acceptors (Lipinski definition) is 2. The highest BCUT2D eigenvalue weighted by atomic mass is 15.3. The molecule has 18 heavy (non-hydrogen) atoms. The van der Waals surface area contributed by atoms with Crippen molar-refractivity contribution >= 4 is 0 Å². The van der Waals surface area contributed by atoms with Crippen LogP contribution in [-0.2, 0) is 0 Å². The van der Waals surface area contributed by atoms with Gasteiger partial charge in [0.15, 0.2) is 0 Å². The Hall–Kier alpha value is -0.0800. The maximum Gasteiger partial charge on any atom is 0.0303 e. The lowest BCUT2D eigenvalue weighted by atomic mass is 9.81. The highest BCUT2D eigenvalue weighted by Crippen LogP contribution is 2.31. The highest BCUT2D eigenvalue weighted by molar-refractivity contribution is 4.97. The van der Waals surface area contributed by atoms with Crippen LogP contribution in [0.15, 0.2) is 0 Å². The highest BCUT2D eigenvalue weighted by Gasteiger charge is 2.38. The lowest BCUT2D eigenvalue weighted by Crippen LogP contribution is -2.64. The van der Waals surface area contributed by atoms with Gasteiger partial charge in [-0.2, -0.15) is 0 Å². The molecule has 2 aliphatic rings. The topological polar surface area (TPSA) is 15.3 Å². The molecule has 1 N–H and O–H groups in total. The van der Waals surface area contributed by atoms with Gasteiger partial charge in [-0.05, 0) is 45.1 Å². The molecule has 0 amide bonds. The third kappa shape index (κ3) is 3.08. The van der Waals surface area contributed by atoms with E-state index in [0.29, 0.717) is 5.54 Å². The molecule has 2 heteroatoms. The fraction of sp³-hybridized carbons (Fsp3) is 1.00. The van der Waals surface area contributed by atoms with Gasteiger partial charge in [0.1, 0.15) is 0 Å². The minimum atomic E-state index is 0.390. The smallest absolute Gasteiger partial charge is 0.0303 e. The van der Waals surface area contributed by atoms with E-state index in [4.69, 9.17) is 0 Å². The number of hydrogen-bond donors (Lipinski definition) is 1. The van der Waals surface area contributed by atoms with Crippen LogP contribution in [0.2, 0.25) is 0 Å². The SMILES string of the molecule is CCCN1CC(C2CCCCC2)NCC1(C)CC. The minimum absolute atomic E-state index is 0.390. The predicted molar refractivity (Wildman–Crippen MR) is 78.9 cm³/mol. The summed E-state index contributed by atoms with van der Waals surface area (Å²) in [4.78, 5) is 2.77. The van der Waals surface area contributed by atoms with Crippen LogP contribution in [-0.4, -0.2) is 36.1 Å². The van der Waals surface area contributed by atoms with Gasteiger partial charge in [-0.1, -0.05) is 33.1 Å². The molecule has 0 aromatic rings. The summed E-state index contributed by atoms with van der Waals surface area (Å²) in [5.41, 5.74) is 0.390. The second kappa shape index (κ2) is 6.38. The molecule has 1 saturated heterocycles. The Bertz CT molecular complexity index is 247. The number of piperazine rings is 1. The van der Waals surface area contributed by atoms with Gasteiger partial charge in [-0.25, -0.2) is 0 Å². The Kier molecular flexibility index (Phi) is 5.08. The molecule has 106 valence electrons. The zero-order valence-electron chi connectivity index (χ0n) is 12.7. The Labute approximate surface area is 114 Å². The molecular formula is C16H32N2. The van der Waals surface area contributed by atoms with Crippen molar-refractivity contribution in [3.63, 3.8) is 0 Å². The van der Waals surface area contributed by atoms with Gasteiger partial charge in [0, 0.05) is 24.7 Å². The van der Waals surface area contributed by atoms with Crippen LogP contribution in [0.1, 0.15) is 65.7 Å². The van der Waals surface area contributed by atoms with Crippen LogP contribution in [0.3, 0.4) is 0 Å². The van der Waals surface area contributed by atoms with Crippen LogP contribution < -0.4 is 5.32 Å². The van der Waals surface area contributed by atoms with Crippen molar-refractivity contribution in [1.29, 1.82) is 0 Å². The molecule has 2 rings (SSSR count). The van der Waals surface area contributed by atoms with Gasteiger partial charge in [0.25, 0.3) is 0 Å². The van der Waals surface area contributed by atoms with Gasteiger partial charge in [-0.3, -0.25) is 4.90 Å². The molecule has 0 bridgehead atoms. The van der Waals surface area contributed by atoms with Gasteiger partial charge in [0.2, 0.25) is 0 Å². The summed E-state index contributed by atoms with van der Waals surface area (Å²) in [5.74, 6) is 0.944. The van der Waals surface area contributed by atoms with Crippen molar-refractivity contribution in [2.24, 2.45) is 5.92 Å². The van der Waals surface area contributed by atoms with E-state index < -0.39 is 0 Å². The molecule has 2 nitrogen and oxygen atoms in total. The summed E-state index contributed by atoms with van der Waals surface area (Å²) >= 11 is 0. The molecule has 2 fully saturated rings. The Morgan fingerprint density at radius 2 is 1.89 bits per heavy atom. The van der Waals surface area contributed by atoms with Gasteiger partial charge in [-0.15, -0.1) is 0 Å². The quantitative estimate of drug-likeness (QED) is 0.825. The van der Waals surface area contributed by atoms with E-state index in [-0.39, 0.29) is 0 Å². The third-order valence-corrected chi connectivity index (χ3v) is 5.40. The fourth-order valence-electron chi connectivity index (χ4n) is 3.82. The van der Waals surface area contributed by atoms with Crippen LogP contribution in [0.5, 0.6) is 0 Å². The number of nitrogens with one attached hydrogen (secondary N) is 1. The first kappa shape index (κ1) is 14.3. The zero-order valence-corrected chi connectivity index (χ0v) is 12.7. The van der Waals surface area contributed by atoms with Crippen LogP contribution in [0.4, 0.5) is 0 Å². The molecule has 2 atom stereocenters. The monoisotopic (exact) mass is 252 g/mol. The zero-order chi connectivity index (χ0) is 13.0. The molecule has 1 heterocycles. The Morgan fingerprint density at radius 1 is 1.17 bits per heavy atom. The molecule has 2 unspecified atom stereocenters. The van der Waals surface area contributed by atoms with Gasteiger partial charge >= 0.3 is 0 Å². The van der Waals surface area contributed by atoms with E-state index in [1.165, 1.54) is 64.6 Å². The Morgan fingerprint density at radius 3 is 2.50 bits per heavy atom. The van der Waals surface area contributed by atoms with Crippen molar-refractivity contribution in [2.75, 3.05) is 19.6 Å². The fourth-order valence-corrected chi connectivity index (χ4v) is 3.82. The molecular weight excluding hydrogens is 220 g/mol. The van der Waals surface area contributed by atoms with Crippen molar-refractivity contribution in [1.82, 2.24) is 10.2 Å². The molecule has 1 saturated carbocycles. The summed E-state index contributed by atoms with van der Waals surface area (Å²) in [6.45, 7) is 10.8. The summed E-state index contributed by atoms with van der Waals surface area (Å²) < 4.78 is 0. The van der Waals surface area contributed by atoms with Gasteiger partial charge < -0.3 is 5.32 Å². The number of rotatable bonds is 4. The van der Waals surface area contributed by atoms with Crippen LogP contribution >= 0.6 is 0 Å². The first-order valence-corrected chi connectivity index (χ1v) is 8.18. The summed E-state index contributed by atoms with van der Waals surface area (Å²) in [5, 5.41) is 3.88. The standard InChI is InChI=1S/C16H32N2/c1-4-11-18-12-15(14-9-7-6-8-10-14)17-13-16(18,3)5-2/h14-15,17H,4-13H2,1-3H3. The average Bonchev–Trinajstić information content (AvgIpc) is 2.42. The van der Waals surface area contributed by atoms with E-state index in [0.717, 1.165) is 12.0 Å². The minimum Gasteiger partial charge on any atom is -0.311 e. The molecule has 1 aliphatic carbocycles. The normalized spacial score (nSPS) is 35.8. The molecule has 1 aliphatic heterocycles. The van der Waals surface area contributed by atoms with E-state index in [1.807, 2.05) is 0 Å². The third-order valence-electron chi connectivity index (χ3n) is 5.40. The van der Waals surface area contributed by atoms with Crippen LogP contribution in [0.25, 0.3) is 0 Å². The van der Waals surface area contributed by atoms with E-state index in [2.05, 4.69) is 31.0 Å². The summed E-state index contributed by atoms with van der Waals surface area (Å²) in [6.07, 6.45) is 9.85. The van der Waals surface area contributed by atoms with Crippen molar-refractivity contribution in [2.45, 2.75) is 77.3 Å². The Balaban J connectivity index is 1.96. The predicted octanol–water partition coefficient (Wildman–Crippen LogP) is 3.42. The van der Waals surface area contributed by atoms with Crippen LogP contribution in [0, 0.1) is 5.92 Å². The van der Waals surface area contributed by atoms with Gasteiger partial charge in [0.05, 0.1) is 0 Å². The summed E-state index contributed by atoms with van der Waals surface area (Å²) in [7, 11) is 0. The van der Waals surface area contributed by atoms with E-state index >= 15 is 0 Å². The maximum absolute atomic E-state index is 3.88. The molecule has 0 spiro atoms. The maximum atomic E-state index is 3.88. The number of nitrogens with zero attached hydrogens (tertiary/aromatic N) is 1. The molecule has 0 aromatic carbocycles. The molecule has 0 radical (unpaired) electrons. The van der Waals surface area contributed by atoms with Crippen molar-refractivity contribution in [3.8, 4) is 0 Å². The summed E-state index contributed by atoms with van der Waals surface area (Å²) in [6, 6.07) is 0.761. The molecule has 0 aromatic heterocycles. The first-order valence-electron chi connectivity index (χ1n) is 8.18. The lowest BCUT2D eigenvalue weighted by Gasteiger charge is -2.50. The second-order valence-electron chi connectivity index (χ2n) is 6.68. The van der Waals surface area contributed by atoms with E-state index in [1.54, 1.807) is 0 Å². The largest absolute Gasteiger partial charge is 0.311 e. The second-order valence-corrected chi connectivity index (χ2v) is 6.68. The lowest BCUT2D eigenvalue weighted by molar-refractivity contribution is 0.0297. The first-order chi connectivity index (χ1) is 8.69. The average molecular weight is 252 g/mol. The van der Waals surface area contributed by atoms with E-state index in [9.17, 15) is 0 Å².